The van der Waals surface area contributed by atoms with Crippen molar-refractivity contribution in [2.75, 3.05) is 6.54 Å². The molecule has 1 fully saturated rings. The zero-order valence-corrected chi connectivity index (χ0v) is 18.3. The van der Waals surface area contributed by atoms with Gasteiger partial charge in [0.2, 0.25) is 0 Å². The second-order valence-electron chi connectivity index (χ2n) is 7.29. The van der Waals surface area contributed by atoms with Crippen LogP contribution in [0.1, 0.15) is 12.0 Å². The van der Waals surface area contributed by atoms with E-state index in [9.17, 15) is 9.59 Å². The van der Waals surface area contributed by atoms with E-state index < -0.39 is 5.97 Å². The molecule has 0 saturated carbocycles. The average molecular weight is 461 g/mol. The molecule has 0 unspecified atom stereocenters. The summed E-state index contributed by atoms with van der Waals surface area (Å²) in [4.78, 5) is 25.4. The topological polar surface area (TPSA) is 83.6 Å². The lowest BCUT2D eigenvalue weighted by molar-refractivity contribution is -0.137. The number of rotatable bonds is 5. The minimum atomic E-state index is -0.970. The fourth-order valence-electron chi connectivity index (χ4n) is 3.72. The van der Waals surface area contributed by atoms with E-state index in [0.29, 0.717) is 15.0 Å². The van der Waals surface area contributed by atoms with Gasteiger partial charge in [0.1, 0.15) is 9.84 Å². The van der Waals surface area contributed by atoms with Crippen molar-refractivity contribution >= 4 is 67.9 Å². The van der Waals surface area contributed by atoms with Gasteiger partial charge in [-0.1, -0.05) is 77.7 Å². The molecule has 1 aliphatic heterocycles. The van der Waals surface area contributed by atoms with E-state index in [1.165, 1.54) is 16.7 Å². The summed E-state index contributed by atoms with van der Waals surface area (Å²) in [5.74, 6) is -0.580. The molecule has 1 aliphatic rings. The van der Waals surface area contributed by atoms with Gasteiger partial charge in [0.25, 0.3) is 5.91 Å². The zero-order valence-electron chi connectivity index (χ0n) is 16.6. The lowest BCUT2D eigenvalue weighted by atomic mass is 10.00. The number of aromatic nitrogens is 1. The van der Waals surface area contributed by atoms with Crippen LogP contribution in [0.3, 0.4) is 0 Å². The molecule has 0 aliphatic carbocycles. The Bertz CT molecular complexity index is 1440. The second kappa shape index (κ2) is 8.22. The summed E-state index contributed by atoms with van der Waals surface area (Å²) in [6.45, 7) is 0.0628. The summed E-state index contributed by atoms with van der Waals surface area (Å²) in [5.41, 5.74) is 2.47. The standard InChI is InChI=1S/C24H16N2O4S2/c27-21(28)10-11-26-23(29)20(32-24(26)31)13-14-8-9-19-18(12-14)22(30-25-19)17-7-3-5-15-4-1-2-6-16(15)17/h1-9,12-13H,10-11H2,(H,27,28)/b20-13+. The molecule has 1 amide bonds. The van der Waals surface area contributed by atoms with Gasteiger partial charge in [-0.15, -0.1) is 0 Å². The first-order valence-electron chi connectivity index (χ1n) is 9.86. The van der Waals surface area contributed by atoms with Crippen LogP contribution in [0.4, 0.5) is 0 Å². The Hall–Kier alpha value is -3.49. The molecule has 4 aromatic rings. The Morgan fingerprint density at radius 3 is 2.78 bits per heavy atom. The maximum Gasteiger partial charge on any atom is 0.305 e. The smallest absolute Gasteiger partial charge is 0.305 e. The summed E-state index contributed by atoms with van der Waals surface area (Å²) < 4.78 is 6.08. The van der Waals surface area contributed by atoms with Crippen molar-refractivity contribution < 1.29 is 19.2 Å². The Labute approximate surface area is 192 Å². The number of thiocarbonyl (C=S) groups is 1. The van der Waals surface area contributed by atoms with Gasteiger partial charge >= 0.3 is 5.97 Å². The van der Waals surface area contributed by atoms with E-state index in [0.717, 1.165) is 32.8 Å². The molecule has 32 heavy (non-hydrogen) atoms. The highest BCUT2D eigenvalue weighted by molar-refractivity contribution is 8.26. The zero-order chi connectivity index (χ0) is 22.2. The average Bonchev–Trinajstić information content (AvgIpc) is 3.32. The minimum absolute atomic E-state index is 0.0628. The van der Waals surface area contributed by atoms with Gasteiger partial charge < -0.3 is 9.63 Å². The van der Waals surface area contributed by atoms with Gasteiger partial charge in [-0.25, -0.2) is 0 Å². The van der Waals surface area contributed by atoms with Crippen molar-refractivity contribution in [3.8, 4) is 11.3 Å². The molecule has 1 saturated heterocycles. The van der Waals surface area contributed by atoms with Crippen LogP contribution in [0, 0.1) is 0 Å². The maximum absolute atomic E-state index is 12.7. The predicted octanol–water partition coefficient (Wildman–Crippen LogP) is 5.32. The summed E-state index contributed by atoms with van der Waals surface area (Å²) in [6, 6.07) is 19.8. The van der Waals surface area contributed by atoms with Crippen LogP contribution in [-0.4, -0.2) is 37.9 Å². The third kappa shape index (κ3) is 3.68. The number of aliphatic carboxylic acids is 1. The van der Waals surface area contributed by atoms with Gasteiger partial charge in [-0.3, -0.25) is 14.5 Å². The number of hydrogen-bond acceptors (Lipinski definition) is 6. The van der Waals surface area contributed by atoms with E-state index in [1.54, 1.807) is 6.08 Å². The van der Waals surface area contributed by atoms with E-state index in [-0.39, 0.29) is 18.9 Å². The summed E-state index contributed by atoms with van der Waals surface area (Å²) in [6.07, 6.45) is 1.61. The molecule has 5 rings (SSSR count). The monoisotopic (exact) mass is 460 g/mol. The number of benzene rings is 3. The first kappa shape index (κ1) is 20.4. The molecular formula is C24H16N2O4S2. The fraction of sp³-hybridized carbons (Fsp3) is 0.0833. The van der Waals surface area contributed by atoms with Gasteiger partial charge in [-0.05, 0) is 34.5 Å². The number of hydrogen-bond donors (Lipinski definition) is 1. The third-order valence-electron chi connectivity index (χ3n) is 5.26. The number of carboxylic acids is 1. The van der Waals surface area contributed by atoms with E-state index in [1.807, 2.05) is 48.5 Å². The first-order valence-corrected chi connectivity index (χ1v) is 11.1. The predicted molar refractivity (Wildman–Crippen MR) is 129 cm³/mol. The summed E-state index contributed by atoms with van der Waals surface area (Å²) in [5, 5.41) is 16.1. The number of carboxylic acid groups (broad SMARTS) is 1. The van der Waals surface area contributed by atoms with Crippen LogP contribution in [0.15, 0.2) is 70.1 Å². The maximum atomic E-state index is 12.7. The number of carbonyl (C=O) groups excluding carboxylic acids is 1. The molecule has 1 aromatic heterocycles. The van der Waals surface area contributed by atoms with Gasteiger partial charge in [0.15, 0.2) is 5.76 Å². The van der Waals surface area contributed by atoms with Crippen LogP contribution < -0.4 is 0 Å². The Balaban J connectivity index is 1.53. The minimum Gasteiger partial charge on any atom is -0.481 e. The Morgan fingerprint density at radius 2 is 1.94 bits per heavy atom. The largest absolute Gasteiger partial charge is 0.481 e. The van der Waals surface area contributed by atoms with Crippen molar-refractivity contribution in [2.24, 2.45) is 0 Å². The highest BCUT2D eigenvalue weighted by Gasteiger charge is 2.32. The molecule has 6 nitrogen and oxygen atoms in total. The van der Waals surface area contributed by atoms with Gasteiger partial charge in [0, 0.05) is 12.1 Å². The van der Waals surface area contributed by atoms with Crippen molar-refractivity contribution in [1.29, 1.82) is 0 Å². The highest BCUT2D eigenvalue weighted by atomic mass is 32.2. The molecule has 0 spiro atoms. The SMILES string of the molecule is O=C(O)CCN1C(=O)/C(=C\c2ccc3noc(-c4cccc5ccccc45)c3c2)SC1=S. The normalized spacial score (nSPS) is 15.4. The van der Waals surface area contributed by atoms with Gasteiger partial charge in [0.05, 0.1) is 16.7 Å². The molecule has 8 heteroatoms. The second-order valence-corrected chi connectivity index (χ2v) is 8.97. The number of nitrogens with zero attached hydrogens (tertiary/aromatic N) is 2. The number of thioether (sulfide) groups is 1. The number of carbonyl (C=O) groups is 2. The molecule has 0 atom stereocenters. The van der Waals surface area contributed by atoms with Crippen LogP contribution in [-0.2, 0) is 9.59 Å². The van der Waals surface area contributed by atoms with E-state index in [4.69, 9.17) is 21.8 Å². The van der Waals surface area contributed by atoms with Crippen molar-refractivity contribution in [1.82, 2.24) is 10.1 Å². The van der Waals surface area contributed by atoms with E-state index in [2.05, 4.69) is 17.3 Å². The lowest BCUT2D eigenvalue weighted by Crippen LogP contribution is -2.30. The van der Waals surface area contributed by atoms with Crippen molar-refractivity contribution in [2.45, 2.75) is 6.42 Å². The molecule has 0 radical (unpaired) electrons. The molecule has 1 N–H and O–H groups in total. The quantitative estimate of drug-likeness (QED) is 0.319. The lowest BCUT2D eigenvalue weighted by Gasteiger charge is -2.12. The first-order chi connectivity index (χ1) is 15.5. The van der Waals surface area contributed by atoms with Gasteiger partial charge in [-0.2, -0.15) is 0 Å². The van der Waals surface area contributed by atoms with Crippen molar-refractivity contribution in [3.63, 3.8) is 0 Å². The number of amides is 1. The van der Waals surface area contributed by atoms with Crippen LogP contribution >= 0.6 is 24.0 Å². The van der Waals surface area contributed by atoms with E-state index >= 15 is 0 Å². The summed E-state index contributed by atoms with van der Waals surface area (Å²) >= 11 is 6.44. The third-order valence-corrected chi connectivity index (χ3v) is 6.63. The fourth-order valence-corrected chi connectivity index (χ4v) is 5.03. The molecule has 3 aromatic carbocycles. The Morgan fingerprint density at radius 1 is 1.12 bits per heavy atom. The van der Waals surface area contributed by atoms with Crippen LogP contribution in [0.2, 0.25) is 0 Å². The van der Waals surface area contributed by atoms with Crippen LogP contribution in [0.25, 0.3) is 39.1 Å². The molecule has 0 bridgehead atoms. The van der Waals surface area contributed by atoms with Crippen molar-refractivity contribution in [3.05, 3.63) is 71.1 Å². The number of fused-ring (bicyclic) bond motifs is 2. The molecular weight excluding hydrogens is 444 g/mol. The van der Waals surface area contributed by atoms with Crippen LogP contribution in [0.5, 0.6) is 0 Å². The molecule has 158 valence electrons. The Kier molecular flexibility index (Phi) is 5.24. The summed E-state index contributed by atoms with van der Waals surface area (Å²) in [7, 11) is 0. The highest BCUT2D eigenvalue weighted by Crippen LogP contribution is 2.36. The molecule has 2 heterocycles.